The Kier molecular flexibility index (Phi) is 4.38. The molecule has 2 bridgehead atoms. The molecule has 0 aromatic carbocycles. The zero-order valence-electron chi connectivity index (χ0n) is 17.9. The summed E-state index contributed by atoms with van der Waals surface area (Å²) < 4.78 is 0. The largest absolute Gasteiger partial charge is 0.347 e. The molecule has 5 unspecified atom stereocenters. The predicted molar refractivity (Wildman–Crippen MR) is 115 cm³/mol. The second-order valence-corrected chi connectivity index (χ2v) is 10.9. The molecule has 0 aromatic heterocycles. The topological polar surface area (TPSA) is 65.0 Å². The van der Waals surface area contributed by atoms with Gasteiger partial charge in [0.2, 0.25) is 11.8 Å². The predicted octanol–water partition coefficient (Wildman–Crippen LogP) is 2.21. The lowest BCUT2D eigenvalue weighted by atomic mass is 9.31. The minimum Gasteiger partial charge on any atom is -0.347 e. The Hall–Kier alpha value is -1.69. The summed E-state index contributed by atoms with van der Waals surface area (Å²) >= 11 is 0. The van der Waals surface area contributed by atoms with Gasteiger partial charge >= 0.3 is 0 Å². The third kappa shape index (κ3) is 2.75. The van der Waals surface area contributed by atoms with Gasteiger partial charge in [0.25, 0.3) is 0 Å². The first-order valence-corrected chi connectivity index (χ1v) is 12.0. The van der Waals surface area contributed by atoms with Gasteiger partial charge in [-0.2, -0.15) is 0 Å². The molecule has 6 heteroatoms. The normalized spacial score (nSPS) is 41.0. The average molecular weight is 411 g/mol. The quantitative estimate of drug-likeness (QED) is 0.730. The lowest BCUT2D eigenvalue weighted by molar-refractivity contribution is -0.245. The molecule has 6 rings (SSSR count). The number of carbonyl (C=O) groups excluding carboxylic acids is 2. The average Bonchev–Trinajstić information content (AvgIpc) is 3.22. The van der Waals surface area contributed by atoms with Crippen molar-refractivity contribution in [1.29, 1.82) is 0 Å². The van der Waals surface area contributed by atoms with E-state index in [-0.39, 0.29) is 18.4 Å². The van der Waals surface area contributed by atoms with Gasteiger partial charge in [0.05, 0.1) is 6.54 Å². The molecule has 0 radical (unpaired) electrons. The molecule has 2 heterocycles. The van der Waals surface area contributed by atoms with Crippen molar-refractivity contribution in [2.24, 2.45) is 33.6 Å². The van der Waals surface area contributed by atoms with E-state index in [9.17, 15) is 9.59 Å². The van der Waals surface area contributed by atoms with E-state index >= 15 is 0 Å². The van der Waals surface area contributed by atoms with Crippen LogP contribution in [0.3, 0.4) is 0 Å². The van der Waals surface area contributed by atoms with Gasteiger partial charge < -0.3 is 10.2 Å². The smallest absolute Gasteiger partial charge is 0.242 e. The number of hydrogen-bond donors (Lipinski definition) is 1. The summed E-state index contributed by atoms with van der Waals surface area (Å²) in [5, 5.41) is 2.98. The van der Waals surface area contributed by atoms with Crippen LogP contribution in [0.25, 0.3) is 0 Å². The molecule has 6 nitrogen and oxygen atoms in total. The van der Waals surface area contributed by atoms with E-state index in [1.165, 1.54) is 37.7 Å². The molecule has 5 fully saturated rings. The van der Waals surface area contributed by atoms with Crippen LogP contribution in [0.2, 0.25) is 0 Å². The molecule has 1 saturated heterocycles. The number of amides is 2. The third-order valence-corrected chi connectivity index (χ3v) is 9.62. The maximum atomic E-state index is 12.7. The molecule has 4 saturated carbocycles. The van der Waals surface area contributed by atoms with Crippen LogP contribution in [0.15, 0.2) is 16.8 Å². The van der Waals surface area contributed by atoms with Crippen molar-refractivity contribution in [1.82, 2.24) is 15.1 Å². The molecule has 5 atom stereocenters. The molecule has 30 heavy (non-hydrogen) atoms. The summed E-state index contributed by atoms with van der Waals surface area (Å²) in [7, 11) is 0. The highest BCUT2D eigenvalue weighted by Gasteiger charge is 2.80. The molecular formula is C24H34N4O2. The first kappa shape index (κ1) is 19.0. The number of carbonyl (C=O) groups is 2. The first-order valence-electron chi connectivity index (χ1n) is 12.0. The minimum atomic E-state index is 0.0705. The van der Waals surface area contributed by atoms with Crippen molar-refractivity contribution in [2.45, 2.75) is 51.4 Å². The summed E-state index contributed by atoms with van der Waals surface area (Å²) in [6.07, 6.45) is 13.5. The van der Waals surface area contributed by atoms with Crippen molar-refractivity contribution >= 4 is 18.0 Å². The van der Waals surface area contributed by atoms with Gasteiger partial charge in [0.1, 0.15) is 0 Å². The summed E-state index contributed by atoms with van der Waals surface area (Å²) in [5.41, 5.74) is 2.21. The summed E-state index contributed by atoms with van der Waals surface area (Å²) in [6.45, 7) is 4.43. The fourth-order valence-electron chi connectivity index (χ4n) is 8.47. The third-order valence-electron chi connectivity index (χ3n) is 9.62. The van der Waals surface area contributed by atoms with E-state index in [0.29, 0.717) is 17.3 Å². The van der Waals surface area contributed by atoms with Crippen molar-refractivity contribution in [3.05, 3.63) is 11.8 Å². The molecule has 4 aliphatic carbocycles. The number of aliphatic imine (C=N–C) groups is 1. The van der Waals surface area contributed by atoms with Crippen LogP contribution < -0.4 is 5.32 Å². The van der Waals surface area contributed by atoms with Crippen molar-refractivity contribution in [2.75, 3.05) is 39.3 Å². The molecule has 1 N–H and O–H groups in total. The van der Waals surface area contributed by atoms with Crippen molar-refractivity contribution < 1.29 is 9.59 Å². The number of hydrogen-bond acceptors (Lipinski definition) is 4. The zero-order valence-corrected chi connectivity index (χ0v) is 17.9. The second-order valence-electron chi connectivity index (χ2n) is 10.9. The zero-order chi connectivity index (χ0) is 20.3. The Morgan fingerprint density at radius 1 is 1.10 bits per heavy atom. The van der Waals surface area contributed by atoms with Crippen LogP contribution in [0.5, 0.6) is 0 Å². The maximum Gasteiger partial charge on any atom is 0.242 e. The lowest BCUT2D eigenvalue weighted by Crippen LogP contribution is -2.67. The van der Waals surface area contributed by atoms with E-state index in [0.717, 1.165) is 63.3 Å². The number of rotatable bonds is 6. The van der Waals surface area contributed by atoms with Gasteiger partial charge in [-0.15, -0.1) is 0 Å². The maximum absolute atomic E-state index is 12.7. The number of nitrogens with one attached hydrogen (secondary N) is 1. The Morgan fingerprint density at radius 2 is 1.97 bits per heavy atom. The van der Waals surface area contributed by atoms with Crippen LogP contribution in [0.4, 0.5) is 0 Å². The Bertz CT molecular complexity index is 814. The van der Waals surface area contributed by atoms with Gasteiger partial charge in [-0.1, -0.05) is 0 Å². The molecule has 162 valence electrons. The molecule has 0 aromatic rings. The van der Waals surface area contributed by atoms with E-state index in [1.807, 2.05) is 17.3 Å². The Balaban J connectivity index is 0.952. The summed E-state index contributed by atoms with van der Waals surface area (Å²) in [5.74, 6) is 2.89. The van der Waals surface area contributed by atoms with Gasteiger partial charge in [-0.3, -0.25) is 19.5 Å². The van der Waals surface area contributed by atoms with E-state index < -0.39 is 0 Å². The first-order chi connectivity index (χ1) is 14.6. The van der Waals surface area contributed by atoms with E-state index in [1.54, 1.807) is 0 Å². The fraction of sp³-hybridized carbons (Fsp3) is 0.792. The van der Waals surface area contributed by atoms with Crippen molar-refractivity contribution in [3.63, 3.8) is 0 Å². The number of nitrogens with zero attached hydrogens (tertiary/aromatic N) is 3. The highest BCUT2D eigenvalue weighted by Crippen LogP contribution is 2.87. The molecule has 1 spiro atoms. The second kappa shape index (κ2) is 6.91. The SMILES string of the molecule is O=C(CC12CC3CC4CC(C1)C42C3)NCC(=O)N1CCN(CC2=CN=CCC2)CC1. The van der Waals surface area contributed by atoms with Gasteiger partial charge in [0.15, 0.2) is 0 Å². The molecule has 2 aliphatic heterocycles. The molecule has 6 aliphatic rings. The van der Waals surface area contributed by atoms with Crippen LogP contribution in [0, 0.1) is 28.6 Å². The minimum absolute atomic E-state index is 0.0705. The van der Waals surface area contributed by atoms with Crippen LogP contribution in [-0.2, 0) is 9.59 Å². The lowest BCUT2D eigenvalue weighted by Gasteiger charge is -2.73. The highest BCUT2D eigenvalue weighted by atomic mass is 16.2. The standard InChI is InChI=1S/C24H34N4O2/c29-21(13-23-10-18-8-19-9-20(12-23)24(19,23)11-18)26-15-22(30)28-6-4-27(5-7-28)16-17-2-1-3-25-14-17/h3,14,18-20H,1-2,4-13,15-16H2,(H,26,29). The Labute approximate surface area is 179 Å². The fourth-order valence-corrected chi connectivity index (χ4v) is 8.47. The van der Waals surface area contributed by atoms with E-state index in [2.05, 4.69) is 15.2 Å². The monoisotopic (exact) mass is 410 g/mol. The highest BCUT2D eigenvalue weighted by molar-refractivity contribution is 5.85. The van der Waals surface area contributed by atoms with Crippen molar-refractivity contribution in [3.8, 4) is 0 Å². The number of fused-ring (bicyclic) bond motifs is 1. The Morgan fingerprint density at radius 3 is 2.70 bits per heavy atom. The van der Waals surface area contributed by atoms with Gasteiger partial charge in [-0.25, -0.2) is 0 Å². The van der Waals surface area contributed by atoms with Gasteiger partial charge in [0, 0.05) is 51.6 Å². The molecular weight excluding hydrogens is 376 g/mol. The number of piperazine rings is 1. The van der Waals surface area contributed by atoms with E-state index in [4.69, 9.17) is 0 Å². The summed E-state index contributed by atoms with van der Waals surface area (Å²) in [6, 6.07) is 0. The summed E-state index contributed by atoms with van der Waals surface area (Å²) in [4.78, 5) is 34.0. The van der Waals surface area contributed by atoms with Crippen LogP contribution in [-0.4, -0.2) is 67.1 Å². The van der Waals surface area contributed by atoms with Gasteiger partial charge in [-0.05, 0) is 79.1 Å². The van der Waals surface area contributed by atoms with Crippen LogP contribution >= 0.6 is 0 Å². The molecule has 2 amide bonds. The van der Waals surface area contributed by atoms with Crippen LogP contribution in [0.1, 0.15) is 51.4 Å².